The molecule has 1 aliphatic rings. The standard InChI is InChI=1S/C19H26N8O/c1-12-6-8-27(19(28)23-16-9-13(2)24-26(16)4)10-15(12)25(3)18-14-5-7-20-17(14)21-11-22-18/h5,7,9,11-12,15H,6,8,10H2,1-4H3,(H,23,28)(H,20,21,22). The van der Waals surface area contributed by atoms with Crippen LogP contribution in [0.3, 0.4) is 0 Å². The number of aryl methyl sites for hydroxylation is 2. The number of likely N-dealkylation sites (tertiary alicyclic amines) is 1. The van der Waals surface area contributed by atoms with Crippen LogP contribution in [0.4, 0.5) is 16.4 Å². The zero-order valence-corrected chi connectivity index (χ0v) is 16.7. The van der Waals surface area contributed by atoms with E-state index in [1.54, 1.807) is 11.0 Å². The van der Waals surface area contributed by atoms with Crippen LogP contribution in [0.2, 0.25) is 0 Å². The minimum Gasteiger partial charge on any atom is -0.354 e. The molecule has 4 heterocycles. The van der Waals surface area contributed by atoms with Gasteiger partial charge in [0.2, 0.25) is 0 Å². The summed E-state index contributed by atoms with van der Waals surface area (Å²) in [7, 11) is 3.87. The number of carbonyl (C=O) groups is 1. The number of rotatable bonds is 3. The number of amides is 2. The van der Waals surface area contributed by atoms with E-state index in [-0.39, 0.29) is 12.1 Å². The highest BCUT2D eigenvalue weighted by Crippen LogP contribution is 2.28. The second-order valence-corrected chi connectivity index (χ2v) is 7.55. The number of H-pyrrole nitrogens is 1. The van der Waals surface area contributed by atoms with Crippen molar-refractivity contribution < 1.29 is 4.79 Å². The molecular weight excluding hydrogens is 356 g/mol. The van der Waals surface area contributed by atoms with E-state index in [4.69, 9.17) is 0 Å². The van der Waals surface area contributed by atoms with E-state index in [2.05, 4.69) is 37.2 Å². The minimum absolute atomic E-state index is 0.0946. The molecule has 0 saturated carbocycles. The number of hydrogen-bond donors (Lipinski definition) is 2. The van der Waals surface area contributed by atoms with E-state index >= 15 is 0 Å². The van der Waals surface area contributed by atoms with Crippen molar-refractivity contribution in [2.75, 3.05) is 30.4 Å². The van der Waals surface area contributed by atoms with Crippen molar-refractivity contribution in [3.05, 3.63) is 30.4 Å². The molecule has 3 aromatic heterocycles. The Balaban J connectivity index is 1.52. The highest BCUT2D eigenvalue weighted by Gasteiger charge is 2.33. The lowest BCUT2D eigenvalue weighted by molar-refractivity contribution is 0.172. The van der Waals surface area contributed by atoms with Crippen molar-refractivity contribution in [1.29, 1.82) is 0 Å². The lowest BCUT2D eigenvalue weighted by Crippen LogP contribution is -2.53. The first-order valence-corrected chi connectivity index (χ1v) is 9.51. The van der Waals surface area contributed by atoms with Crippen LogP contribution < -0.4 is 10.2 Å². The molecule has 2 unspecified atom stereocenters. The van der Waals surface area contributed by atoms with Crippen LogP contribution in [0.15, 0.2) is 24.7 Å². The first-order chi connectivity index (χ1) is 13.4. The maximum Gasteiger partial charge on any atom is 0.323 e. The Morgan fingerprint density at radius 3 is 2.96 bits per heavy atom. The van der Waals surface area contributed by atoms with Crippen LogP contribution in [0.25, 0.3) is 11.0 Å². The van der Waals surface area contributed by atoms with Crippen LogP contribution in [0.1, 0.15) is 19.0 Å². The maximum absolute atomic E-state index is 12.8. The van der Waals surface area contributed by atoms with Crippen LogP contribution in [0.5, 0.6) is 0 Å². The Morgan fingerprint density at radius 2 is 2.21 bits per heavy atom. The lowest BCUT2D eigenvalue weighted by Gasteiger charge is -2.42. The molecule has 2 atom stereocenters. The van der Waals surface area contributed by atoms with Gasteiger partial charge >= 0.3 is 6.03 Å². The van der Waals surface area contributed by atoms with Gasteiger partial charge in [0.25, 0.3) is 0 Å². The fourth-order valence-corrected chi connectivity index (χ4v) is 3.95. The van der Waals surface area contributed by atoms with Gasteiger partial charge in [-0.15, -0.1) is 0 Å². The number of aromatic amines is 1. The Labute approximate surface area is 163 Å². The van der Waals surface area contributed by atoms with Crippen LogP contribution in [-0.2, 0) is 7.05 Å². The normalized spacial score (nSPS) is 19.8. The van der Waals surface area contributed by atoms with Gasteiger partial charge in [-0.2, -0.15) is 5.10 Å². The Hall–Kier alpha value is -3.10. The third kappa shape index (κ3) is 3.28. The predicted molar refractivity (Wildman–Crippen MR) is 108 cm³/mol. The van der Waals surface area contributed by atoms with Crippen molar-refractivity contribution in [2.45, 2.75) is 26.3 Å². The molecule has 9 nitrogen and oxygen atoms in total. The Kier molecular flexibility index (Phi) is 4.66. The molecule has 148 valence electrons. The molecule has 3 aromatic rings. The number of nitrogens with zero attached hydrogens (tertiary/aromatic N) is 6. The summed E-state index contributed by atoms with van der Waals surface area (Å²) in [6, 6.07) is 3.94. The van der Waals surface area contributed by atoms with Crippen molar-refractivity contribution in [1.82, 2.24) is 29.6 Å². The van der Waals surface area contributed by atoms with Crippen LogP contribution >= 0.6 is 0 Å². The van der Waals surface area contributed by atoms with Gasteiger partial charge in [-0.25, -0.2) is 14.8 Å². The number of piperidine rings is 1. The van der Waals surface area contributed by atoms with E-state index in [0.29, 0.717) is 18.3 Å². The summed E-state index contributed by atoms with van der Waals surface area (Å²) in [6.07, 6.45) is 4.39. The fourth-order valence-electron chi connectivity index (χ4n) is 3.95. The van der Waals surface area contributed by atoms with Gasteiger partial charge in [-0.3, -0.25) is 10.00 Å². The molecule has 0 spiro atoms. The molecular formula is C19H26N8O. The molecule has 0 bridgehead atoms. The molecule has 4 rings (SSSR count). The molecule has 1 fully saturated rings. The monoisotopic (exact) mass is 382 g/mol. The molecule has 0 aliphatic carbocycles. The SMILES string of the molecule is Cc1cc(NC(=O)N2CCC(C)C(N(C)c3ncnc4[nH]ccc34)C2)n(C)n1. The molecule has 0 radical (unpaired) electrons. The largest absolute Gasteiger partial charge is 0.354 e. The number of aromatic nitrogens is 5. The zero-order chi connectivity index (χ0) is 19.8. The highest BCUT2D eigenvalue weighted by molar-refractivity contribution is 5.89. The number of nitrogens with one attached hydrogen (secondary N) is 2. The number of fused-ring (bicyclic) bond motifs is 1. The maximum atomic E-state index is 12.8. The minimum atomic E-state index is -0.0946. The van der Waals surface area contributed by atoms with Crippen LogP contribution in [-0.4, -0.2) is 61.8 Å². The van der Waals surface area contributed by atoms with Gasteiger partial charge in [0.15, 0.2) is 0 Å². The molecule has 2 amide bonds. The number of anilines is 2. The van der Waals surface area contributed by atoms with Gasteiger partial charge in [-0.05, 0) is 25.3 Å². The summed E-state index contributed by atoms with van der Waals surface area (Å²) in [6.45, 7) is 5.51. The summed E-state index contributed by atoms with van der Waals surface area (Å²) >= 11 is 0. The van der Waals surface area contributed by atoms with Gasteiger partial charge in [0, 0.05) is 39.4 Å². The summed E-state index contributed by atoms with van der Waals surface area (Å²) in [5.41, 5.74) is 1.70. The Bertz CT molecular complexity index is 993. The second kappa shape index (κ2) is 7.14. The van der Waals surface area contributed by atoms with Gasteiger partial charge in [0.05, 0.1) is 17.1 Å². The van der Waals surface area contributed by atoms with Gasteiger partial charge in [-0.1, -0.05) is 6.92 Å². The number of urea groups is 1. The van der Waals surface area contributed by atoms with Crippen molar-refractivity contribution in [3.8, 4) is 0 Å². The van der Waals surface area contributed by atoms with Crippen molar-refractivity contribution >= 4 is 28.7 Å². The molecule has 28 heavy (non-hydrogen) atoms. The molecule has 0 aromatic carbocycles. The predicted octanol–water partition coefficient (Wildman–Crippen LogP) is 2.38. The smallest absolute Gasteiger partial charge is 0.323 e. The average Bonchev–Trinajstić information content (AvgIpc) is 3.27. The van der Waals surface area contributed by atoms with Gasteiger partial charge < -0.3 is 14.8 Å². The first-order valence-electron chi connectivity index (χ1n) is 9.51. The van der Waals surface area contributed by atoms with E-state index in [0.717, 1.165) is 35.5 Å². The number of carbonyl (C=O) groups excluding carboxylic acids is 1. The quantitative estimate of drug-likeness (QED) is 0.725. The second-order valence-electron chi connectivity index (χ2n) is 7.55. The number of likely N-dealkylation sites (N-methyl/N-ethyl adjacent to an activating group) is 1. The lowest BCUT2D eigenvalue weighted by atomic mass is 9.92. The van der Waals surface area contributed by atoms with Crippen molar-refractivity contribution in [2.24, 2.45) is 13.0 Å². The van der Waals surface area contributed by atoms with E-state index in [1.165, 1.54) is 0 Å². The molecule has 1 saturated heterocycles. The highest BCUT2D eigenvalue weighted by atomic mass is 16.2. The summed E-state index contributed by atoms with van der Waals surface area (Å²) in [5, 5.41) is 8.25. The van der Waals surface area contributed by atoms with E-state index < -0.39 is 0 Å². The average molecular weight is 382 g/mol. The number of hydrogen-bond acceptors (Lipinski definition) is 5. The van der Waals surface area contributed by atoms with E-state index in [1.807, 2.05) is 44.2 Å². The van der Waals surface area contributed by atoms with Crippen molar-refractivity contribution in [3.63, 3.8) is 0 Å². The summed E-state index contributed by atoms with van der Waals surface area (Å²) in [5.74, 6) is 2.03. The third-order valence-electron chi connectivity index (χ3n) is 5.61. The summed E-state index contributed by atoms with van der Waals surface area (Å²) < 4.78 is 1.69. The van der Waals surface area contributed by atoms with Crippen LogP contribution in [0, 0.1) is 12.8 Å². The van der Waals surface area contributed by atoms with E-state index in [9.17, 15) is 4.79 Å². The first kappa shape index (κ1) is 18.3. The third-order valence-corrected chi connectivity index (χ3v) is 5.61. The molecule has 2 N–H and O–H groups in total. The fraction of sp³-hybridized carbons (Fsp3) is 0.474. The molecule has 9 heteroatoms. The topological polar surface area (TPSA) is 95.0 Å². The summed E-state index contributed by atoms with van der Waals surface area (Å²) in [4.78, 5) is 28.8. The Morgan fingerprint density at radius 1 is 1.39 bits per heavy atom. The zero-order valence-electron chi connectivity index (χ0n) is 16.7. The van der Waals surface area contributed by atoms with Gasteiger partial charge in [0.1, 0.15) is 23.6 Å². The molecule has 1 aliphatic heterocycles.